The van der Waals surface area contributed by atoms with E-state index in [2.05, 4.69) is 5.32 Å². The molecule has 0 saturated heterocycles. The number of amides is 1. The topological polar surface area (TPSA) is 58.6 Å². The average Bonchev–Trinajstić information content (AvgIpc) is 2.13. The summed E-state index contributed by atoms with van der Waals surface area (Å²) < 4.78 is 4.86. The first-order valence-corrected chi connectivity index (χ1v) is 4.55. The lowest BCUT2D eigenvalue weighted by atomic mass is 10.2. The fourth-order valence-electron chi connectivity index (χ4n) is 0.937. The zero-order valence-electron chi connectivity index (χ0n) is 8.54. The van der Waals surface area contributed by atoms with E-state index in [1.165, 1.54) is 7.11 Å². The molecule has 4 nitrogen and oxygen atoms in total. The molecule has 0 aliphatic carbocycles. The normalized spacial score (nSPS) is 15.1. The number of nitrogens with one attached hydrogen (secondary N) is 1. The Morgan fingerprint density at radius 1 is 1.54 bits per heavy atom. The van der Waals surface area contributed by atoms with Crippen LogP contribution >= 0.6 is 0 Å². The van der Waals surface area contributed by atoms with Crippen molar-refractivity contribution in [2.45, 2.75) is 38.8 Å². The minimum atomic E-state index is -0.406. The third kappa shape index (κ3) is 5.60. The molecule has 0 fully saturated rings. The smallest absolute Gasteiger partial charge is 0.249 e. The summed E-state index contributed by atoms with van der Waals surface area (Å²) in [4.78, 5) is 11.2. The summed E-state index contributed by atoms with van der Waals surface area (Å²) >= 11 is 0. The minimum absolute atomic E-state index is 0.0947. The van der Waals surface area contributed by atoms with E-state index < -0.39 is 6.10 Å². The maximum atomic E-state index is 11.2. The first-order valence-electron chi connectivity index (χ1n) is 4.55. The van der Waals surface area contributed by atoms with Crippen LogP contribution in [0, 0.1) is 0 Å². The molecule has 0 heterocycles. The molecule has 0 aromatic carbocycles. The van der Waals surface area contributed by atoms with E-state index in [1.807, 2.05) is 6.92 Å². The van der Waals surface area contributed by atoms with Gasteiger partial charge in [0.25, 0.3) is 0 Å². The van der Waals surface area contributed by atoms with Gasteiger partial charge in [0.2, 0.25) is 5.91 Å². The molecule has 0 bridgehead atoms. The number of ether oxygens (including phenoxy) is 1. The maximum absolute atomic E-state index is 11.2. The van der Waals surface area contributed by atoms with Crippen molar-refractivity contribution >= 4 is 5.91 Å². The Balaban J connectivity index is 3.64. The highest BCUT2D eigenvalue weighted by Gasteiger charge is 2.13. The summed E-state index contributed by atoms with van der Waals surface area (Å²) in [7, 11) is 1.50. The first-order chi connectivity index (χ1) is 6.11. The van der Waals surface area contributed by atoms with Crippen molar-refractivity contribution in [1.29, 1.82) is 0 Å². The number of hydrogen-bond acceptors (Lipinski definition) is 3. The van der Waals surface area contributed by atoms with Crippen LogP contribution in [0.1, 0.15) is 26.7 Å². The van der Waals surface area contributed by atoms with Gasteiger partial charge in [-0.25, -0.2) is 0 Å². The predicted molar refractivity (Wildman–Crippen MR) is 50.4 cm³/mol. The Kier molecular flexibility index (Phi) is 6.54. The summed E-state index contributed by atoms with van der Waals surface area (Å²) in [6.07, 6.45) is 1.10. The fourth-order valence-corrected chi connectivity index (χ4v) is 0.937. The van der Waals surface area contributed by atoms with E-state index in [0.717, 1.165) is 6.42 Å². The molecule has 0 aliphatic rings. The van der Waals surface area contributed by atoms with Gasteiger partial charge in [0.05, 0.1) is 0 Å². The third-order valence-electron chi connectivity index (χ3n) is 1.91. The molecule has 78 valence electrons. The predicted octanol–water partition coefficient (Wildman–Crippen LogP) is 0.298. The Hall–Kier alpha value is -0.610. The number of carbonyl (C=O) groups excluding carboxylic acids is 1. The Labute approximate surface area is 79.3 Å². The standard InChI is InChI=1S/C9H19NO3/c1-7(5-4-6-11)10-9(12)8(2)13-3/h7-8,11H,4-6H2,1-3H3,(H,10,12). The monoisotopic (exact) mass is 189 g/mol. The third-order valence-corrected chi connectivity index (χ3v) is 1.91. The number of rotatable bonds is 6. The second kappa shape index (κ2) is 6.86. The summed E-state index contributed by atoms with van der Waals surface area (Å²) in [5.41, 5.74) is 0. The van der Waals surface area contributed by atoms with Crippen LogP contribution in [0.25, 0.3) is 0 Å². The van der Waals surface area contributed by atoms with Gasteiger partial charge in [0.1, 0.15) is 6.10 Å². The van der Waals surface area contributed by atoms with Crippen LogP contribution < -0.4 is 5.32 Å². The lowest BCUT2D eigenvalue weighted by Crippen LogP contribution is -2.39. The van der Waals surface area contributed by atoms with Gasteiger partial charge in [-0.2, -0.15) is 0 Å². The highest BCUT2D eigenvalue weighted by molar-refractivity contribution is 5.80. The van der Waals surface area contributed by atoms with Crippen LogP contribution in [0.3, 0.4) is 0 Å². The largest absolute Gasteiger partial charge is 0.396 e. The SMILES string of the molecule is COC(C)C(=O)NC(C)CCCO. The van der Waals surface area contributed by atoms with Gasteiger partial charge in [-0.15, -0.1) is 0 Å². The van der Waals surface area contributed by atoms with Gasteiger partial charge in [-0.1, -0.05) is 0 Å². The Morgan fingerprint density at radius 3 is 2.62 bits per heavy atom. The molecule has 0 saturated carbocycles. The van der Waals surface area contributed by atoms with Crippen LogP contribution in [-0.2, 0) is 9.53 Å². The van der Waals surface area contributed by atoms with Crippen LogP contribution in [0.4, 0.5) is 0 Å². The second-order valence-corrected chi connectivity index (χ2v) is 3.15. The number of hydrogen-bond donors (Lipinski definition) is 2. The zero-order valence-corrected chi connectivity index (χ0v) is 8.54. The first kappa shape index (κ1) is 12.4. The van der Waals surface area contributed by atoms with Gasteiger partial charge in [-0.05, 0) is 26.7 Å². The van der Waals surface area contributed by atoms with Crippen molar-refractivity contribution in [3.63, 3.8) is 0 Å². The lowest BCUT2D eigenvalue weighted by molar-refractivity contribution is -0.130. The maximum Gasteiger partial charge on any atom is 0.249 e. The molecule has 2 unspecified atom stereocenters. The quantitative estimate of drug-likeness (QED) is 0.631. The van der Waals surface area contributed by atoms with Crippen molar-refractivity contribution in [1.82, 2.24) is 5.32 Å². The van der Waals surface area contributed by atoms with Crippen LogP contribution in [0.15, 0.2) is 0 Å². The molecule has 4 heteroatoms. The molecule has 13 heavy (non-hydrogen) atoms. The van der Waals surface area contributed by atoms with Crippen molar-refractivity contribution in [2.24, 2.45) is 0 Å². The van der Waals surface area contributed by atoms with Crippen molar-refractivity contribution in [2.75, 3.05) is 13.7 Å². The molecule has 1 amide bonds. The summed E-state index contributed by atoms with van der Waals surface area (Å²) in [6.45, 7) is 3.78. The molecule has 0 aromatic heterocycles. The van der Waals surface area contributed by atoms with Gasteiger partial charge >= 0.3 is 0 Å². The highest BCUT2D eigenvalue weighted by Crippen LogP contribution is 1.96. The van der Waals surface area contributed by atoms with E-state index in [1.54, 1.807) is 6.92 Å². The van der Waals surface area contributed by atoms with E-state index in [-0.39, 0.29) is 18.6 Å². The van der Waals surface area contributed by atoms with E-state index in [4.69, 9.17) is 9.84 Å². The number of aliphatic hydroxyl groups excluding tert-OH is 1. The molecule has 2 N–H and O–H groups in total. The highest BCUT2D eigenvalue weighted by atomic mass is 16.5. The summed E-state index contributed by atoms with van der Waals surface area (Å²) in [5, 5.41) is 11.4. The molecule has 0 radical (unpaired) electrons. The fraction of sp³-hybridized carbons (Fsp3) is 0.889. The number of methoxy groups -OCH3 is 1. The van der Waals surface area contributed by atoms with Gasteiger partial charge in [0.15, 0.2) is 0 Å². The molecule has 0 aliphatic heterocycles. The molecule has 0 aromatic rings. The van der Waals surface area contributed by atoms with Crippen LogP contribution in [0.2, 0.25) is 0 Å². The summed E-state index contributed by atoms with van der Waals surface area (Å²) in [6, 6.07) is 0.0947. The van der Waals surface area contributed by atoms with E-state index in [9.17, 15) is 4.79 Å². The zero-order chi connectivity index (χ0) is 10.3. The molecular weight excluding hydrogens is 170 g/mol. The average molecular weight is 189 g/mol. The Bertz CT molecular complexity index is 150. The van der Waals surface area contributed by atoms with Gasteiger partial charge in [-0.3, -0.25) is 4.79 Å². The molecule has 2 atom stereocenters. The van der Waals surface area contributed by atoms with Crippen molar-refractivity contribution in [3.05, 3.63) is 0 Å². The molecule has 0 spiro atoms. The number of aliphatic hydroxyl groups is 1. The molecule has 0 rings (SSSR count). The van der Waals surface area contributed by atoms with E-state index in [0.29, 0.717) is 6.42 Å². The van der Waals surface area contributed by atoms with Crippen molar-refractivity contribution in [3.8, 4) is 0 Å². The number of carbonyl (C=O) groups is 1. The van der Waals surface area contributed by atoms with Crippen LogP contribution in [0.5, 0.6) is 0 Å². The Morgan fingerprint density at radius 2 is 2.15 bits per heavy atom. The van der Waals surface area contributed by atoms with Gasteiger partial charge in [0, 0.05) is 19.8 Å². The van der Waals surface area contributed by atoms with Crippen molar-refractivity contribution < 1.29 is 14.6 Å². The van der Waals surface area contributed by atoms with E-state index >= 15 is 0 Å². The van der Waals surface area contributed by atoms with Crippen LogP contribution in [-0.4, -0.2) is 36.9 Å². The molecular formula is C9H19NO3. The van der Waals surface area contributed by atoms with Gasteiger partial charge < -0.3 is 15.2 Å². The summed E-state index contributed by atoms with van der Waals surface area (Å²) in [5.74, 6) is -0.104. The lowest BCUT2D eigenvalue weighted by Gasteiger charge is -2.16. The minimum Gasteiger partial charge on any atom is -0.396 e. The second-order valence-electron chi connectivity index (χ2n) is 3.15.